The van der Waals surface area contributed by atoms with Gasteiger partial charge in [-0.2, -0.15) is 0 Å². The zero-order valence-corrected chi connectivity index (χ0v) is 3.57. The SMILES string of the molecule is C=NC[B-](F)(F)F. The van der Waals surface area contributed by atoms with E-state index in [1.54, 1.807) is 0 Å². The van der Waals surface area contributed by atoms with E-state index in [0.717, 1.165) is 0 Å². The Labute approximate surface area is 39.3 Å². The number of halogens is 3. The van der Waals surface area contributed by atoms with Gasteiger partial charge in [0.2, 0.25) is 0 Å². The summed E-state index contributed by atoms with van der Waals surface area (Å²) in [6.07, 6.45) is -1.08. The van der Waals surface area contributed by atoms with E-state index in [2.05, 4.69) is 11.7 Å². The average Bonchev–Trinajstić information content (AvgIpc) is 1.30. The predicted molar refractivity (Wildman–Crippen MR) is 23.5 cm³/mol. The number of aliphatic imine (C=N–C) groups is 1. The van der Waals surface area contributed by atoms with Crippen molar-refractivity contribution in [3.8, 4) is 0 Å². The Kier molecular flexibility index (Phi) is 1.86. The first kappa shape index (κ1) is 6.52. The van der Waals surface area contributed by atoms with Crippen LogP contribution in [0.15, 0.2) is 4.99 Å². The molecule has 0 N–H and O–H groups in total. The lowest BCUT2D eigenvalue weighted by molar-refractivity contribution is 0.473. The zero-order chi connectivity index (χ0) is 5.91. The molecule has 0 unspecified atom stereocenters. The van der Waals surface area contributed by atoms with Crippen molar-refractivity contribution in [2.24, 2.45) is 4.99 Å². The van der Waals surface area contributed by atoms with Crippen LogP contribution in [-0.4, -0.2) is 20.1 Å². The highest BCUT2D eigenvalue weighted by Gasteiger charge is 2.20. The molecule has 0 saturated heterocycles. The van der Waals surface area contributed by atoms with Gasteiger partial charge in [-0.3, -0.25) is 0 Å². The predicted octanol–water partition coefficient (Wildman–Crippen LogP) is 1.07. The summed E-state index contributed by atoms with van der Waals surface area (Å²) in [6.45, 7) is -2.03. The van der Waals surface area contributed by atoms with Crippen LogP contribution in [0.25, 0.3) is 0 Å². The second kappa shape index (κ2) is 2.00. The topological polar surface area (TPSA) is 12.4 Å². The van der Waals surface area contributed by atoms with E-state index in [-0.39, 0.29) is 0 Å². The highest BCUT2D eigenvalue weighted by molar-refractivity contribution is 6.58. The Morgan fingerprint density at radius 3 is 1.86 bits per heavy atom. The largest absolute Gasteiger partial charge is 0.499 e. The van der Waals surface area contributed by atoms with Crippen LogP contribution in [0.2, 0.25) is 0 Å². The highest BCUT2D eigenvalue weighted by Crippen LogP contribution is 2.06. The van der Waals surface area contributed by atoms with E-state index >= 15 is 0 Å². The summed E-state index contributed by atoms with van der Waals surface area (Å²) in [5.41, 5.74) is 0. The molecule has 0 heterocycles. The fourth-order valence-corrected chi connectivity index (χ4v) is 0.146. The minimum absolute atomic E-state index is 1.08. The van der Waals surface area contributed by atoms with Crippen molar-refractivity contribution in [3.63, 3.8) is 0 Å². The molecule has 0 fully saturated rings. The van der Waals surface area contributed by atoms with Gasteiger partial charge in [0.15, 0.2) is 0 Å². The van der Waals surface area contributed by atoms with Gasteiger partial charge in [-0.05, 0) is 6.72 Å². The number of hydrogen-bond donors (Lipinski definition) is 0. The van der Waals surface area contributed by atoms with Gasteiger partial charge in [0.1, 0.15) is 0 Å². The van der Waals surface area contributed by atoms with Crippen LogP contribution in [0.4, 0.5) is 12.9 Å². The lowest BCUT2D eigenvalue weighted by atomic mass is 9.93. The van der Waals surface area contributed by atoms with E-state index in [1.807, 2.05) is 0 Å². The molecule has 0 radical (unpaired) electrons. The van der Waals surface area contributed by atoms with Crippen LogP contribution in [0.3, 0.4) is 0 Å². The summed E-state index contributed by atoms with van der Waals surface area (Å²) >= 11 is 0. The maximum atomic E-state index is 11.0. The maximum absolute atomic E-state index is 11.0. The van der Waals surface area contributed by atoms with Gasteiger partial charge in [-0.25, -0.2) is 0 Å². The quantitative estimate of drug-likeness (QED) is 0.372. The normalized spacial score (nSPS) is 11.3. The molecule has 0 aromatic heterocycles. The standard InChI is InChI=1S/C2H4BF3N/c1-7-2-3(4,5)6/h1-2H2/q-1. The van der Waals surface area contributed by atoms with Crippen molar-refractivity contribution in [2.45, 2.75) is 0 Å². The molecule has 0 aliphatic carbocycles. The lowest BCUT2D eigenvalue weighted by Crippen LogP contribution is -2.19. The van der Waals surface area contributed by atoms with Crippen LogP contribution < -0.4 is 0 Å². The molecule has 42 valence electrons. The Morgan fingerprint density at radius 1 is 1.43 bits per heavy atom. The van der Waals surface area contributed by atoms with Gasteiger partial charge in [0.25, 0.3) is 0 Å². The molecule has 0 aliphatic rings. The molecule has 0 saturated carbocycles. The Morgan fingerprint density at radius 2 is 1.86 bits per heavy atom. The van der Waals surface area contributed by atoms with E-state index < -0.39 is 13.4 Å². The highest BCUT2D eigenvalue weighted by atomic mass is 19.4. The lowest BCUT2D eigenvalue weighted by Gasteiger charge is -2.06. The second-order valence-corrected chi connectivity index (χ2v) is 1.12. The first-order chi connectivity index (χ1) is 3.06. The summed E-state index contributed by atoms with van der Waals surface area (Å²) in [5, 5.41) is 0. The molecule has 0 bridgehead atoms. The fourth-order valence-electron chi connectivity index (χ4n) is 0.146. The average molecular weight is 110 g/mol. The van der Waals surface area contributed by atoms with E-state index in [9.17, 15) is 12.9 Å². The number of rotatable bonds is 2. The van der Waals surface area contributed by atoms with Crippen molar-refractivity contribution in [3.05, 3.63) is 0 Å². The van der Waals surface area contributed by atoms with Gasteiger partial charge in [-0.1, -0.05) is 0 Å². The summed E-state index contributed by atoms with van der Waals surface area (Å²) < 4.78 is 33.0. The zero-order valence-electron chi connectivity index (χ0n) is 3.57. The first-order valence-corrected chi connectivity index (χ1v) is 1.70. The molecule has 0 spiro atoms. The van der Waals surface area contributed by atoms with Crippen LogP contribution in [0, 0.1) is 0 Å². The maximum Gasteiger partial charge on any atom is 0.499 e. The summed E-state index contributed by atoms with van der Waals surface area (Å²) in [4.78, 5) is 2.66. The Bertz CT molecular complexity index is 67.8. The van der Waals surface area contributed by atoms with Crippen molar-refractivity contribution in [1.82, 2.24) is 0 Å². The molecule has 0 rings (SSSR count). The summed E-state index contributed by atoms with van der Waals surface area (Å²) in [7, 11) is 0. The van der Waals surface area contributed by atoms with Crippen LogP contribution in [0.1, 0.15) is 0 Å². The van der Waals surface area contributed by atoms with Crippen LogP contribution in [0.5, 0.6) is 0 Å². The minimum Gasteiger partial charge on any atom is -0.448 e. The molecule has 5 heteroatoms. The molecule has 0 amide bonds. The van der Waals surface area contributed by atoms with Crippen molar-refractivity contribution < 1.29 is 12.9 Å². The molecule has 0 atom stereocenters. The molecular formula is C2H4BF3N-. The minimum atomic E-state index is -4.72. The Balaban J connectivity index is 3.34. The monoisotopic (exact) mass is 110 g/mol. The van der Waals surface area contributed by atoms with Crippen LogP contribution >= 0.6 is 0 Å². The number of nitrogens with zero attached hydrogens (tertiary/aromatic N) is 1. The molecule has 7 heavy (non-hydrogen) atoms. The summed E-state index contributed by atoms with van der Waals surface area (Å²) in [5.74, 6) is 0. The first-order valence-electron chi connectivity index (χ1n) is 1.70. The molecule has 1 nitrogen and oxygen atoms in total. The smallest absolute Gasteiger partial charge is 0.448 e. The molecule has 0 aliphatic heterocycles. The second-order valence-electron chi connectivity index (χ2n) is 1.12. The molecular weight excluding hydrogens is 106 g/mol. The van der Waals surface area contributed by atoms with Gasteiger partial charge in [-0.15, -0.1) is 0 Å². The summed E-state index contributed by atoms with van der Waals surface area (Å²) in [6, 6.07) is 0. The molecule has 0 aromatic rings. The van der Waals surface area contributed by atoms with E-state index in [1.165, 1.54) is 0 Å². The van der Waals surface area contributed by atoms with Gasteiger partial charge >= 0.3 is 6.98 Å². The molecule has 0 aromatic carbocycles. The van der Waals surface area contributed by atoms with E-state index in [4.69, 9.17) is 0 Å². The fraction of sp³-hybridized carbons (Fsp3) is 0.500. The third-order valence-electron chi connectivity index (χ3n) is 0.336. The third-order valence-corrected chi connectivity index (χ3v) is 0.336. The third kappa shape index (κ3) is 5.52. The number of hydrogen-bond acceptors (Lipinski definition) is 1. The van der Waals surface area contributed by atoms with Crippen molar-refractivity contribution in [1.29, 1.82) is 0 Å². The van der Waals surface area contributed by atoms with Crippen LogP contribution in [-0.2, 0) is 0 Å². The van der Waals surface area contributed by atoms with E-state index in [0.29, 0.717) is 0 Å². The van der Waals surface area contributed by atoms with Gasteiger partial charge in [0.05, 0.1) is 0 Å². The van der Waals surface area contributed by atoms with Crippen molar-refractivity contribution in [2.75, 3.05) is 6.44 Å². The Hall–Kier alpha value is -0.475. The van der Waals surface area contributed by atoms with Gasteiger partial charge in [0, 0.05) is 6.44 Å². The van der Waals surface area contributed by atoms with Gasteiger partial charge < -0.3 is 17.9 Å². The van der Waals surface area contributed by atoms with Crippen molar-refractivity contribution >= 4 is 13.7 Å².